The van der Waals surface area contributed by atoms with Crippen LogP contribution < -0.4 is 21.7 Å². The lowest BCUT2D eigenvalue weighted by molar-refractivity contribution is 0.174. The predicted octanol–water partition coefficient (Wildman–Crippen LogP) is 1.39. The fraction of sp³-hybridized carbons (Fsp3) is 0.500. The van der Waals surface area contributed by atoms with E-state index in [9.17, 15) is 9.59 Å². The van der Waals surface area contributed by atoms with Gasteiger partial charge in [-0.25, -0.2) is 4.79 Å². The fourth-order valence-electron chi connectivity index (χ4n) is 2.95. The molecule has 2 rings (SSSR count). The Morgan fingerprint density at radius 3 is 2.37 bits per heavy atom. The van der Waals surface area contributed by atoms with Gasteiger partial charge in [-0.3, -0.25) is 14.3 Å². The molecule has 27 heavy (non-hydrogen) atoms. The maximum Gasteiger partial charge on any atom is 0.330 e. The van der Waals surface area contributed by atoms with Gasteiger partial charge in [-0.1, -0.05) is 0 Å². The fourth-order valence-corrected chi connectivity index (χ4v) is 2.95. The second-order valence-corrected chi connectivity index (χ2v) is 7.03. The third-order valence-corrected chi connectivity index (χ3v) is 4.76. The van der Waals surface area contributed by atoms with Crippen LogP contribution in [-0.2, 0) is 20.5 Å². The molecule has 0 saturated carbocycles. The third-order valence-electron chi connectivity index (χ3n) is 4.76. The first-order valence-corrected chi connectivity index (χ1v) is 9.28. The summed E-state index contributed by atoms with van der Waals surface area (Å²) in [4.78, 5) is 26.2. The number of nitrogens with zero attached hydrogens (tertiary/aromatic N) is 3. The average Bonchev–Trinajstić information content (AvgIpc) is 2.64. The normalized spacial score (nSPS) is 11.3. The van der Waals surface area contributed by atoms with Gasteiger partial charge in [0.25, 0.3) is 5.56 Å². The number of nitrogens with two attached hydrogens (primary N) is 1. The van der Waals surface area contributed by atoms with Crippen LogP contribution in [0.5, 0.6) is 5.75 Å². The first kappa shape index (κ1) is 20.8. The molecule has 0 aliphatic heterocycles. The number of hydrogen-bond acceptors (Lipinski definition) is 5. The van der Waals surface area contributed by atoms with E-state index in [0.29, 0.717) is 19.1 Å². The Morgan fingerprint density at radius 1 is 1.07 bits per heavy atom. The first-order chi connectivity index (χ1) is 12.8. The number of rotatable bonds is 9. The van der Waals surface area contributed by atoms with E-state index in [1.165, 1.54) is 7.05 Å². The second kappa shape index (κ2) is 9.41. The van der Waals surface area contributed by atoms with Gasteiger partial charge in [-0.05, 0) is 57.5 Å². The minimum atomic E-state index is -0.282. The maximum absolute atomic E-state index is 12.0. The third kappa shape index (κ3) is 5.72. The van der Waals surface area contributed by atoms with E-state index >= 15 is 0 Å². The molecule has 0 atom stereocenters. The van der Waals surface area contributed by atoms with Crippen LogP contribution in [0.25, 0.3) is 0 Å². The van der Waals surface area contributed by atoms with Gasteiger partial charge in [0, 0.05) is 44.1 Å². The van der Waals surface area contributed by atoms with Crippen molar-refractivity contribution in [2.75, 3.05) is 25.4 Å². The van der Waals surface area contributed by atoms with Gasteiger partial charge >= 0.3 is 5.69 Å². The highest BCUT2D eigenvalue weighted by molar-refractivity contribution is 5.41. The van der Waals surface area contributed by atoms with Gasteiger partial charge in [0.2, 0.25) is 0 Å². The molecular formula is C20H30N4O3. The zero-order chi connectivity index (χ0) is 20.0. The van der Waals surface area contributed by atoms with E-state index in [0.717, 1.165) is 41.2 Å². The molecule has 7 nitrogen and oxygen atoms in total. The van der Waals surface area contributed by atoms with E-state index in [1.54, 1.807) is 17.7 Å². The van der Waals surface area contributed by atoms with Crippen LogP contribution in [0.15, 0.2) is 39.9 Å². The van der Waals surface area contributed by atoms with Crippen molar-refractivity contribution >= 4 is 5.69 Å². The molecule has 1 aromatic heterocycles. The topological polar surface area (TPSA) is 82.5 Å². The van der Waals surface area contributed by atoms with Crippen molar-refractivity contribution in [3.63, 3.8) is 0 Å². The minimum absolute atomic E-state index is 0.259. The van der Waals surface area contributed by atoms with Crippen LogP contribution in [0, 0.1) is 0 Å². The highest BCUT2D eigenvalue weighted by Crippen LogP contribution is 2.13. The van der Waals surface area contributed by atoms with Crippen molar-refractivity contribution in [2.45, 2.75) is 32.7 Å². The number of aromatic nitrogens is 2. The SMILES string of the molecule is CC(C)N(CCCc1cc(=O)n(C)c(=O)n1C)CCOc1ccc(N)cc1. The Bertz CT molecular complexity index is 853. The summed E-state index contributed by atoms with van der Waals surface area (Å²) in [6.07, 6.45) is 1.55. The molecule has 0 bridgehead atoms. The van der Waals surface area contributed by atoms with Crippen molar-refractivity contribution in [3.8, 4) is 5.75 Å². The molecule has 0 aliphatic rings. The zero-order valence-electron chi connectivity index (χ0n) is 16.6. The summed E-state index contributed by atoms with van der Waals surface area (Å²) in [6, 6.07) is 9.31. The molecule has 1 aromatic carbocycles. The molecule has 0 radical (unpaired) electrons. The van der Waals surface area contributed by atoms with E-state index in [-0.39, 0.29) is 11.2 Å². The lowest BCUT2D eigenvalue weighted by atomic mass is 10.2. The van der Waals surface area contributed by atoms with Crippen molar-refractivity contribution in [2.24, 2.45) is 14.1 Å². The highest BCUT2D eigenvalue weighted by Gasteiger charge is 2.11. The lowest BCUT2D eigenvalue weighted by Gasteiger charge is -2.26. The standard InChI is InChI=1S/C20H30N4O3/c1-15(2)24(12-13-27-18-9-7-16(21)8-10-18)11-5-6-17-14-19(25)23(4)20(26)22(17)3/h7-10,14-15H,5-6,11-13,21H2,1-4H3. The average molecular weight is 374 g/mol. The van der Waals surface area contributed by atoms with E-state index in [4.69, 9.17) is 10.5 Å². The summed E-state index contributed by atoms with van der Waals surface area (Å²) in [5, 5.41) is 0. The number of nitrogen functional groups attached to an aromatic ring is 1. The Kier molecular flexibility index (Phi) is 7.24. The lowest BCUT2D eigenvalue weighted by Crippen LogP contribution is -2.38. The number of hydrogen-bond donors (Lipinski definition) is 1. The van der Waals surface area contributed by atoms with Crippen molar-refractivity contribution in [1.82, 2.24) is 14.0 Å². The quantitative estimate of drug-likeness (QED) is 0.671. The number of ether oxygens (including phenoxy) is 1. The Morgan fingerprint density at radius 2 is 1.74 bits per heavy atom. The number of benzene rings is 1. The molecule has 0 saturated heterocycles. The van der Waals surface area contributed by atoms with Crippen LogP contribution in [0.4, 0.5) is 5.69 Å². The van der Waals surface area contributed by atoms with Gasteiger partial charge in [0.1, 0.15) is 12.4 Å². The van der Waals surface area contributed by atoms with Crippen molar-refractivity contribution in [3.05, 3.63) is 56.9 Å². The Hall–Kier alpha value is -2.54. The molecule has 2 N–H and O–H groups in total. The summed E-state index contributed by atoms with van der Waals surface area (Å²) in [6.45, 7) is 6.56. The number of aryl methyl sites for hydroxylation is 1. The summed E-state index contributed by atoms with van der Waals surface area (Å²) in [7, 11) is 3.20. The Labute approximate surface area is 160 Å². The monoisotopic (exact) mass is 374 g/mol. The summed E-state index contributed by atoms with van der Waals surface area (Å²) in [5.74, 6) is 0.808. The molecule has 2 aromatic rings. The maximum atomic E-state index is 12.0. The number of anilines is 1. The first-order valence-electron chi connectivity index (χ1n) is 9.28. The zero-order valence-corrected chi connectivity index (χ0v) is 16.6. The van der Waals surface area contributed by atoms with Crippen molar-refractivity contribution in [1.29, 1.82) is 0 Å². The largest absolute Gasteiger partial charge is 0.492 e. The molecule has 0 unspecified atom stereocenters. The summed E-state index contributed by atoms with van der Waals surface area (Å²) in [5.41, 5.74) is 6.62. The molecule has 0 aliphatic carbocycles. The molecule has 1 heterocycles. The van der Waals surface area contributed by atoms with Gasteiger partial charge in [0.15, 0.2) is 0 Å². The van der Waals surface area contributed by atoms with E-state index in [1.807, 2.05) is 24.3 Å². The minimum Gasteiger partial charge on any atom is -0.492 e. The van der Waals surface area contributed by atoms with E-state index in [2.05, 4.69) is 18.7 Å². The smallest absolute Gasteiger partial charge is 0.330 e. The molecule has 148 valence electrons. The Balaban J connectivity index is 1.87. The summed E-state index contributed by atoms with van der Waals surface area (Å²) >= 11 is 0. The molecular weight excluding hydrogens is 344 g/mol. The van der Waals surface area contributed by atoms with Crippen LogP contribution in [0.3, 0.4) is 0 Å². The van der Waals surface area contributed by atoms with Crippen LogP contribution in [0.2, 0.25) is 0 Å². The summed E-state index contributed by atoms with van der Waals surface area (Å²) < 4.78 is 8.45. The van der Waals surface area contributed by atoms with Gasteiger partial charge in [-0.2, -0.15) is 0 Å². The van der Waals surface area contributed by atoms with Crippen LogP contribution in [-0.4, -0.2) is 39.8 Å². The van der Waals surface area contributed by atoms with Gasteiger partial charge < -0.3 is 15.0 Å². The molecule has 0 amide bonds. The molecule has 0 fully saturated rings. The van der Waals surface area contributed by atoms with E-state index < -0.39 is 0 Å². The molecule has 7 heteroatoms. The van der Waals surface area contributed by atoms with Crippen LogP contribution in [0.1, 0.15) is 26.0 Å². The van der Waals surface area contributed by atoms with Gasteiger partial charge in [-0.15, -0.1) is 0 Å². The predicted molar refractivity (Wildman–Crippen MR) is 108 cm³/mol. The highest BCUT2D eigenvalue weighted by atomic mass is 16.5. The molecule has 0 spiro atoms. The van der Waals surface area contributed by atoms with Crippen LogP contribution >= 0.6 is 0 Å². The second-order valence-electron chi connectivity index (χ2n) is 7.03. The van der Waals surface area contributed by atoms with Crippen molar-refractivity contribution < 1.29 is 4.74 Å². The van der Waals surface area contributed by atoms with Gasteiger partial charge in [0.05, 0.1) is 0 Å².